The first-order valence-corrected chi connectivity index (χ1v) is 16.4. The highest BCUT2D eigenvalue weighted by Gasteiger charge is 2.31. The summed E-state index contributed by atoms with van der Waals surface area (Å²) in [4.78, 5) is 4.05. The van der Waals surface area contributed by atoms with E-state index in [0.717, 1.165) is 28.3 Å². The fourth-order valence-electron chi connectivity index (χ4n) is 4.88. The Morgan fingerprint density at radius 3 is 2.67 bits per heavy atom. The van der Waals surface area contributed by atoms with Gasteiger partial charge in [-0.2, -0.15) is 14.0 Å². The third-order valence-electron chi connectivity index (χ3n) is 6.74. The maximum Gasteiger partial charge on any atom is 0.374 e. The summed E-state index contributed by atoms with van der Waals surface area (Å²) < 4.78 is 65.8. The normalized spacial score (nSPS) is 15.2. The standard InChI is InChI=1S/C28H31ClN4O7S2/c1-2-31-25-19-22(29)21(20-30)18-24(25)32(14-6-8-17-42(36,37)38)27(31)12-9-13-28-33(15-5-7-16-39-41(34)35)23-10-3-4-11-26(23)40-28/h3-4,9-13,18-19H,2,5-8,14-17H2,1H3,(H-,34,35,36,37,38). The number of hydrogen-bond acceptors (Lipinski definition) is 9. The average Bonchev–Trinajstić information content (AvgIpc) is 3.43. The van der Waals surface area contributed by atoms with E-state index < -0.39 is 27.2 Å². The molecule has 0 spiro atoms. The summed E-state index contributed by atoms with van der Waals surface area (Å²) in [6.07, 6.45) is 7.56. The van der Waals surface area contributed by atoms with Gasteiger partial charge in [0.15, 0.2) is 6.54 Å². The van der Waals surface area contributed by atoms with Crippen LogP contribution < -0.4 is 14.4 Å². The Labute approximate surface area is 252 Å². The Morgan fingerprint density at radius 1 is 1.19 bits per heavy atom. The lowest BCUT2D eigenvalue weighted by Crippen LogP contribution is -2.35. The van der Waals surface area contributed by atoms with Crippen molar-refractivity contribution in [1.29, 1.82) is 5.26 Å². The Kier molecular flexibility index (Phi) is 10.8. The minimum Gasteiger partial charge on any atom is -0.748 e. The number of rotatable bonds is 14. The van der Waals surface area contributed by atoms with Crippen LogP contribution in [0.4, 0.5) is 11.4 Å². The number of unbranched alkanes of at least 4 members (excludes halogenated alkanes) is 2. The van der Waals surface area contributed by atoms with Crippen molar-refractivity contribution < 1.29 is 34.9 Å². The summed E-state index contributed by atoms with van der Waals surface area (Å²) in [5.74, 6) is 0.974. The topological polar surface area (TPSA) is 151 Å². The first-order valence-electron chi connectivity index (χ1n) is 13.4. The van der Waals surface area contributed by atoms with E-state index >= 15 is 0 Å². The van der Waals surface area contributed by atoms with Crippen molar-refractivity contribution in [2.24, 2.45) is 0 Å². The SMILES string of the molecule is CCN1C(=CC=Cc2oc3ccccc3[n+]2CCCCOS(=O)O)N(CCCCS(=O)(=O)[O-])c2cc(C#N)c(Cl)cc21. The number of aryl methyl sites for hydroxylation is 1. The van der Waals surface area contributed by atoms with Crippen LogP contribution in [0.3, 0.4) is 0 Å². The fourth-order valence-corrected chi connectivity index (χ4v) is 5.90. The Morgan fingerprint density at radius 2 is 1.95 bits per heavy atom. The second-order valence-corrected chi connectivity index (χ2v) is 12.1. The fraction of sp³-hybridized carbons (Fsp3) is 0.357. The van der Waals surface area contributed by atoms with E-state index in [-0.39, 0.29) is 13.0 Å². The smallest absolute Gasteiger partial charge is 0.374 e. The Balaban J connectivity index is 1.63. The summed E-state index contributed by atoms with van der Waals surface area (Å²) in [7, 11) is -4.31. The highest BCUT2D eigenvalue weighted by Crippen LogP contribution is 2.44. The molecule has 2 heterocycles. The molecule has 1 aliphatic rings. The van der Waals surface area contributed by atoms with Crippen LogP contribution in [0.2, 0.25) is 5.02 Å². The predicted molar refractivity (Wildman–Crippen MR) is 160 cm³/mol. The molecule has 0 fully saturated rings. The molecule has 1 unspecified atom stereocenters. The molecular formula is C28H31ClN4O7S2. The summed E-state index contributed by atoms with van der Waals surface area (Å²) in [6.45, 7) is 3.79. The minimum atomic E-state index is -4.31. The highest BCUT2D eigenvalue weighted by molar-refractivity contribution is 7.85. The third-order valence-corrected chi connectivity index (χ3v) is 8.21. The molecule has 4 rings (SSSR count). The first kappa shape index (κ1) is 31.7. The quantitative estimate of drug-likeness (QED) is 0.114. The number of oxazole rings is 1. The molecule has 3 aromatic rings. The number of halogens is 1. The number of nitriles is 1. The molecule has 1 N–H and O–H groups in total. The molecule has 1 aromatic heterocycles. The summed E-state index contributed by atoms with van der Waals surface area (Å²) in [5, 5.41) is 9.90. The number of hydrogen-bond donors (Lipinski definition) is 1. The minimum absolute atomic E-state index is 0.165. The summed E-state index contributed by atoms with van der Waals surface area (Å²) in [6, 6.07) is 13.2. The van der Waals surface area contributed by atoms with Crippen LogP contribution in [0.25, 0.3) is 17.2 Å². The van der Waals surface area contributed by atoms with Gasteiger partial charge in [0.05, 0.1) is 44.8 Å². The molecule has 11 nitrogen and oxygen atoms in total. The molecule has 0 amide bonds. The van der Waals surface area contributed by atoms with Crippen LogP contribution in [0, 0.1) is 11.3 Å². The number of fused-ring (bicyclic) bond motifs is 2. The molecule has 0 radical (unpaired) electrons. The number of aromatic nitrogens is 1. The maximum absolute atomic E-state index is 11.1. The van der Waals surface area contributed by atoms with Crippen LogP contribution in [0.1, 0.15) is 44.1 Å². The van der Waals surface area contributed by atoms with Gasteiger partial charge in [-0.05, 0) is 56.5 Å². The average molecular weight is 635 g/mol. The van der Waals surface area contributed by atoms with Gasteiger partial charge in [-0.3, -0.25) is 8.74 Å². The van der Waals surface area contributed by atoms with Crippen LogP contribution in [0.15, 0.2) is 58.8 Å². The molecule has 42 heavy (non-hydrogen) atoms. The van der Waals surface area contributed by atoms with Crippen LogP contribution >= 0.6 is 11.6 Å². The van der Waals surface area contributed by atoms with Crippen LogP contribution in [-0.2, 0) is 32.2 Å². The van der Waals surface area contributed by atoms with Crippen molar-refractivity contribution >= 4 is 61.6 Å². The van der Waals surface area contributed by atoms with E-state index in [4.69, 9.17) is 24.8 Å². The molecule has 0 saturated carbocycles. The largest absolute Gasteiger partial charge is 0.748 e. The van der Waals surface area contributed by atoms with Crippen molar-refractivity contribution in [3.05, 3.63) is 70.8 Å². The molecule has 0 saturated heterocycles. The molecule has 1 atom stereocenters. The van der Waals surface area contributed by atoms with Crippen molar-refractivity contribution in [2.45, 2.75) is 39.2 Å². The molecule has 224 valence electrons. The zero-order valence-corrected chi connectivity index (χ0v) is 25.3. The van der Waals surface area contributed by atoms with Gasteiger partial charge in [0, 0.05) is 31.3 Å². The number of benzene rings is 2. The zero-order valence-electron chi connectivity index (χ0n) is 22.9. The van der Waals surface area contributed by atoms with Gasteiger partial charge in [-0.25, -0.2) is 8.42 Å². The molecule has 1 aliphatic heterocycles. The van der Waals surface area contributed by atoms with Gasteiger partial charge in [0.1, 0.15) is 11.9 Å². The van der Waals surface area contributed by atoms with E-state index in [2.05, 4.69) is 11.0 Å². The number of para-hydroxylation sites is 2. The second-order valence-electron chi connectivity index (χ2n) is 9.49. The number of allylic oxidation sites excluding steroid dienone is 2. The Bertz CT molecular complexity index is 1660. The van der Waals surface area contributed by atoms with E-state index in [1.54, 1.807) is 12.1 Å². The summed E-state index contributed by atoms with van der Waals surface area (Å²) >= 11 is 4.08. The monoisotopic (exact) mass is 634 g/mol. The van der Waals surface area contributed by atoms with Crippen molar-refractivity contribution in [3.63, 3.8) is 0 Å². The lowest BCUT2D eigenvalue weighted by molar-refractivity contribution is -0.678. The molecular weight excluding hydrogens is 604 g/mol. The Hall–Kier alpha value is -3.25. The van der Waals surface area contributed by atoms with Crippen molar-refractivity contribution in [3.8, 4) is 6.07 Å². The van der Waals surface area contributed by atoms with Crippen LogP contribution in [-0.4, -0.2) is 47.2 Å². The maximum atomic E-state index is 11.1. The number of anilines is 2. The van der Waals surface area contributed by atoms with Crippen molar-refractivity contribution in [1.82, 2.24) is 0 Å². The van der Waals surface area contributed by atoms with Crippen LogP contribution in [0.5, 0.6) is 0 Å². The van der Waals surface area contributed by atoms with E-state index in [1.807, 2.05) is 58.9 Å². The van der Waals surface area contributed by atoms with E-state index in [1.165, 1.54) is 0 Å². The van der Waals surface area contributed by atoms with Gasteiger partial charge < -0.3 is 18.8 Å². The lowest BCUT2D eigenvalue weighted by atomic mass is 10.1. The third kappa shape index (κ3) is 7.77. The zero-order chi connectivity index (χ0) is 30.3. The molecule has 0 aliphatic carbocycles. The second kappa shape index (κ2) is 14.3. The van der Waals surface area contributed by atoms with Gasteiger partial charge in [0.2, 0.25) is 5.58 Å². The van der Waals surface area contributed by atoms with Gasteiger partial charge in [-0.15, -0.1) is 0 Å². The predicted octanol–water partition coefficient (Wildman–Crippen LogP) is 4.71. The van der Waals surface area contributed by atoms with Gasteiger partial charge >= 0.3 is 17.3 Å². The highest BCUT2D eigenvalue weighted by atomic mass is 35.5. The first-order chi connectivity index (χ1) is 20.1. The van der Waals surface area contributed by atoms with Gasteiger partial charge in [0.25, 0.3) is 5.52 Å². The lowest BCUT2D eigenvalue weighted by Gasteiger charge is -2.24. The van der Waals surface area contributed by atoms with E-state index in [0.29, 0.717) is 55.4 Å². The summed E-state index contributed by atoms with van der Waals surface area (Å²) in [5.41, 5.74) is 3.55. The van der Waals surface area contributed by atoms with Crippen molar-refractivity contribution in [2.75, 3.05) is 35.2 Å². The molecule has 14 heteroatoms. The van der Waals surface area contributed by atoms with Gasteiger partial charge in [-0.1, -0.05) is 23.7 Å². The molecule has 0 bridgehead atoms. The molecule has 2 aromatic carbocycles. The number of nitrogens with zero attached hydrogens (tertiary/aromatic N) is 4. The van der Waals surface area contributed by atoms with E-state index in [9.17, 15) is 22.4 Å².